The Morgan fingerprint density at radius 2 is 1.56 bits per heavy atom. The summed E-state index contributed by atoms with van der Waals surface area (Å²) in [6, 6.07) is 0. The van der Waals surface area contributed by atoms with E-state index in [4.69, 9.17) is 15.9 Å². The molecule has 0 saturated carbocycles. The molecule has 9 heavy (non-hydrogen) atoms. The first-order valence-electron chi connectivity index (χ1n) is 3.27. The third-order valence-electron chi connectivity index (χ3n) is 1.41. The molecule has 0 radical (unpaired) electrons. The molecule has 0 rings (SSSR count). The van der Waals surface area contributed by atoms with E-state index in [1.54, 1.807) is 0 Å². The second-order valence-corrected chi connectivity index (χ2v) is 2.13. The molecule has 0 spiro atoms. The van der Waals surface area contributed by atoms with Gasteiger partial charge in [0.2, 0.25) is 0 Å². The van der Waals surface area contributed by atoms with Crippen molar-refractivity contribution in [2.24, 2.45) is 11.7 Å². The molecular formula is C6H15NO2. The zero-order valence-electron chi connectivity index (χ0n) is 5.58. The van der Waals surface area contributed by atoms with Crippen LogP contribution in [-0.4, -0.2) is 30.0 Å². The molecule has 0 aliphatic heterocycles. The minimum atomic E-state index is 0.169. The molecule has 0 atom stereocenters. The van der Waals surface area contributed by atoms with Crippen LogP contribution in [0, 0.1) is 5.92 Å². The van der Waals surface area contributed by atoms with Crippen LogP contribution in [0.15, 0.2) is 0 Å². The Labute approximate surface area is 55.5 Å². The van der Waals surface area contributed by atoms with Gasteiger partial charge in [0.05, 0.1) is 0 Å². The molecule has 0 aromatic heterocycles. The standard InChI is InChI=1S/C6H15NO2/c7-5-6(1-3-8)2-4-9/h6,8-9H,1-5,7H2. The number of rotatable bonds is 5. The highest BCUT2D eigenvalue weighted by Gasteiger charge is 2.03. The normalized spacial score (nSPS) is 10.7. The number of hydrogen-bond donors (Lipinski definition) is 3. The Morgan fingerprint density at radius 3 is 1.78 bits per heavy atom. The highest BCUT2D eigenvalue weighted by molar-refractivity contribution is 4.57. The zero-order chi connectivity index (χ0) is 7.11. The average Bonchev–Trinajstić information content (AvgIpc) is 1.88. The first kappa shape index (κ1) is 8.88. The number of nitrogens with two attached hydrogens (primary N) is 1. The molecule has 0 saturated heterocycles. The molecule has 0 aromatic rings. The maximum Gasteiger partial charge on any atom is 0.0434 e. The van der Waals surface area contributed by atoms with Gasteiger partial charge in [-0.3, -0.25) is 0 Å². The van der Waals surface area contributed by atoms with E-state index in [1.165, 1.54) is 0 Å². The van der Waals surface area contributed by atoms with E-state index < -0.39 is 0 Å². The molecule has 56 valence electrons. The minimum Gasteiger partial charge on any atom is -0.396 e. The van der Waals surface area contributed by atoms with Crippen LogP contribution in [0.1, 0.15) is 12.8 Å². The van der Waals surface area contributed by atoms with Crippen LogP contribution < -0.4 is 5.73 Å². The quantitative estimate of drug-likeness (QED) is 0.466. The van der Waals surface area contributed by atoms with Gasteiger partial charge in [-0.2, -0.15) is 0 Å². The monoisotopic (exact) mass is 133 g/mol. The summed E-state index contributed by atoms with van der Waals surface area (Å²) < 4.78 is 0. The zero-order valence-corrected chi connectivity index (χ0v) is 5.58. The average molecular weight is 133 g/mol. The summed E-state index contributed by atoms with van der Waals surface area (Å²) in [5, 5.41) is 16.9. The second kappa shape index (κ2) is 6.01. The van der Waals surface area contributed by atoms with Crippen molar-refractivity contribution in [3.63, 3.8) is 0 Å². The van der Waals surface area contributed by atoms with E-state index in [9.17, 15) is 0 Å². The van der Waals surface area contributed by atoms with Crippen molar-refractivity contribution in [1.82, 2.24) is 0 Å². The third-order valence-corrected chi connectivity index (χ3v) is 1.41. The summed E-state index contributed by atoms with van der Waals surface area (Å²) in [4.78, 5) is 0. The van der Waals surface area contributed by atoms with Crippen molar-refractivity contribution in [3.05, 3.63) is 0 Å². The van der Waals surface area contributed by atoms with Crippen LogP contribution in [0.5, 0.6) is 0 Å². The number of aliphatic hydroxyl groups is 2. The first-order valence-corrected chi connectivity index (χ1v) is 3.27. The fourth-order valence-electron chi connectivity index (χ4n) is 0.745. The fraction of sp³-hybridized carbons (Fsp3) is 1.00. The van der Waals surface area contributed by atoms with Crippen molar-refractivity contribution >= 4 is 0 Å². The van der Waals surface area contributed by atoms with Crippen molar-refractivity contribution < 1.29 is 10.2 Å². The predicted octanol–water partition coefficient (Wildman–Crippen LogP) is -0.674. The Kier molecular flexibility index (Phi) is 5.93. The first-order chi connectivity index (χ1) is 4.35. The lowest BCUT2D eigenvalue weighted by Gasteiger charge is -2.09. The van der Waals surface area contributed by atoms with Crippen LogP contribution >= 0.6 is 0 Å². The fourth-order valence-corrected chi connectivity index (χ4v) is 0.745. The molecule has 0 bridgehead atoms. The third kappa shape index (κ3) is 4.39. The molecule has 3 heteroatoms. The van der Waals surface area contributed by atoms with Crippen LogP contribution in [0.25, 0.3) is 0 Å². The van der Waals surface area contributed by atoms with E-state index in [0.29, 0.717) is 25.3 Å². The maximum absolute atomic E-state index is 8.46. The Hall–Kier alpha value is -0.120. The molecule has 0 heterocycles. The second-order valence-electron chi connectivity index (χ2n) is 2.13. The number of hydrogen-bond acceptors (Lipinski definition) is 3. The topological polar surface area (TPSA) is 66.5 Å². The van der Waals surface area contributed by atoms with Crippen LogP contribution in [0.3, 0.4) is 0 Å². The summed E-state index contributed by atoms with van der Waals surface area (Å²) in [5.41, 5.74) is 5.32. The van der Waals surface area contributed by atoms with Gasteiger partial charge in [-0.25, -0.2) is 0 Å². The highest BCUT2D eigenvalue weighted by atomic mass is 16.3. The smallest absolute Gasteiger partial charge is 0.0434 e. The van der Waals surface area contributed by atoms with Gasteiger partial charge < -0.3 is 15.9 Å². The van der Waals surface area contributed by atoms with Gasteiger partial charge in [-0.05, 0) is 25.3 Å². The molecular weight excluding hydrogens is 118 g/mol. The minimum absolute atomic E-state index is 0.169. The summed E-state index contributed by atoms with van der Waals surface area (Å²) >= 11 is 0. The lowest BCUT2D eigenvalue weighted by atomic mass is 10.0. The molecule has 0 unspecified atom stereocenters. The predicted molar refractivity (Wildman–Crippen MR) is 35.9 cm³/mol. The van der Waals surface area contributed by atoms with Gasteiger partial charge >= 0.3 is 0 Å². The lowest BCUT2D eigenvalue weighted by Crippen LogP contribution is -2.16. The molecule has 4 N–H and O–H groups in total. The van der Waals surface area contributed by atoms with Crippen molar-refractivity contribution in [2.75, 3.05) is 19.8 Å². The van der Waals surface area contributed by atoms with Gasteiger partial charge in [0.1, 0.15) is 0 Å². The summed E-state index contributed by atoms with van der Waals surface area (Å²) in [6.07, 6.45) is 1.41. The Bertz CT molecular complexity index is 53.0. The van der Waals surface area contributed by atoms with Crippen LogP contribution in [0.4, 0.5) is 0 Å². The van der Waals surface area contributed by atoms with Crippen molar-refractivity contribution in [2.45, 2.75) is 12.8 Å². The van der Waals surface area contributed by atoms with E-state index in [1.807, 2.05) is 0 Å². The molecule has 0 fully saturated rings. The van der Waals surface area contributed by atoms with Crippen molar-refractivity contribution in [3.8, 4) is 0 Å². The van der Waals surface area contributed by atoms with Gasteiger partial charge in [0.25, 0.3) is 0 Å². The van der Waals surface area contributed by atoms with Crippen LogP contribution in [-0.2, 0) is 0 Å². The Balaban J connectivity index is 3.18. The SMILES string of the molecule is NCC(CCO)CCO. The molecule has 0 aromatic carbocycles. The maximum atomic E-state index is 8.46. The van der Waals surface area contributed by atoms with E-state index >= 15 is 0 Å². The molecule has 0 aliphatic rings. The number of aliphatic hydroxyl groups excluding tert-OH is 2. The van der Waals surface area contributed by atoms with Gasteiger partial charge in [0, 0.05) is 13.2 Å². The van der Waals surface area contributed by atoms with Crippen molar-refractivity contribution in [1.29, 1.82) is 0 Å². The van der Waals surface area contributed by atoms with E-state index in [-0.39, 0.29) is 13.2 Å². The lowest BCUT2D eigenvalue weighted by molar-refractivity contribution is 0.218. The summed E-state index contributed by atoms with van der Waals surface area (Å²) in [5.74, 6) is 0.292. The Morgan fingerprint density at radius 1 is 1.11 bits per heavy atom. The van der Waals surface area contributed by atoms with Gasteiger partial charge in [-0.15, -0.1) is 0 Å². The highest BCUT2D eigenvalue weighted by Crippen LogP contribution is 2.03. The molecule has 0 amide bonds. The van der Waals surface area contributed by atoms with Crippen LogP contribution in [0.2, 0.25) is 0 Å². The van der Waals surface area contributed by atoms with E-state index in [2.05, 4.69) is 0 Å². The van der Waals surface area contributed by atoms with Gasteiger partial charge in [0.15, 0.2) is 0 Å². The summed E-state index contributed by atoms with van der Waals surface area (Å²) in [6.45, 7) is 0.894. The summed E-state index contributed by atoms with van der Waals surface area (Å²) in [7, 11) is 0. The van der Waals surface area contributed by atoms with Gasteiger partial charge in [-0.1, -0.05) is 0 Å². The molecule has 3 nitrogen and oxygen atoms in total. The van der Waals surface area contributed by atoms with E-state index in [0.717, 1.165) is 0 Å². The molecule has 0 aliphatic carbocycles. The largest absolute Gasteiger partial charge is 0.396 e.